The predicted octanol–water partition coefficient (Wildman–Crippen LogP) is -0.619. The molecule has 1 saturated heterocycles. The van der Waals surface area contributed by atoms with Gasteiger partial charge in [-0.05, 0) is 82.6 Å². The molecule has 1 heterocycles. The van der Waals surface area contributed by atoms with E-state index >= 15 is 0 Å². The number of ketones is 2. The van der Waals surface area contributed by atoms with Crippen LogP contribution in [0, 0.1) is 17.8 Å². The lowest BCUT2D eigenvalue weighted by atomic mass is 9.93. The van der Waals surface area contributed by atoms with Gasteiger partial charge in [-0.1, -0.05) is 90.1 Å². The summed E-state index contributed by atoms with van der Waals surface area (Å²) in [4.78, 5) is 125. The van der Waals surface area contributed by atoms with Gasteiger partial charge in [0.1, 0.15) is 36.0 Å². The Bertz CT molecular complexity index is 1860. The van der Waals surface area contributed by atoms with Crippen molar-refractivity contribution >= 4 is 52.9 Å². The molecule has 0 aromatic heterocycles. The second kappa shape index (κ2) is 34.1. The summed E-state index contributed by atoms with van der Waals surface area (Å²) < 4.78 is 0. The zero-order valence-electron chi connectivity index (χ0n) is 42.4. The lowest BCUT2D eigenvalue weighted by Gasteiger charge is -2.28. The average molecular weight is 1000 g/mol. The van der Waals surface area contributed by atoms with E-state index in [0.29, 0.717) is 12.0 Å². The number of rotatable bonds is 24. The van der Waals surface area contributed by atoms with Crippen molar-refractivity contribution in [1.82, 2.24) is 37.2 Å². The number of unbranched alkanes of at least 4 members (excludes halogenated alkanes) is 4. The molecule has 0 spiro atoms. The number of aliphatic hydroxyl groups is 1. The molecule has 0 bridgehead atoms. The lowest BCUT2D eigenvalue weighted by molar-refractivity contribution is -0.136. The van der Waals surface area contributed by atoms with Gasteiger partial charge in [-0.25, -0.2) is 0 Å². The highest BCUT2D eigenvalue weighted by atomic mass is 16.3. The minimum atomic E-state index is -1.40. The first-order valence-electron chi connectivity index (χ1n) is 25.5. The molecule has 0 unspecified atom stereocenters. The molecule has 1 aromatic rings. The second-order valence-corrected chi connectivity index (χ2v) is 19.1. The number of amides is 7. The van der Waals surface area contributed by atoms with E-state index in [1.165, 1.54) is 6.92 Å². The smallest absolute Gasteiger partial charge is 0.243 e. The second-order valence-electron chi connectivity index (χ2n) is 19.1. The third-order valence-electron chi connectivity index (χ3n) is 12.4. The van der Waals surface area contributed by atoms with Gasteiger partial charge < -0.3 is 65.3 Å². The van der Waals surface area contributed by atoms with Crippen molar-refractivity contribution in [2.24, 2.45) is 40.7 Å². The largest absolute Gasteiger partial charge is 0.393 e. The fraction of sp³-hybridized carbons (Fsp3) is 0.700. The SMILES string of the molecule is CCCCCCC[C@@H](O)CC(=O)C[C@H](CCN)C(=O)N[C@H]1CCNC(=O)[C@H](C)CC(=O)[C@H](CCN)NC(=O)[C@H](CCN)NC(=O)[C@H](CC(C)C)NC(=O)[C@@H](Cc2ccccc2)NC(=O)[C@H](CCN)NC1=O. The van der Waals surface area contributed by atoms with Crippen LogP contribution in [-0.2, 0) is 49.6 Å². The van der Waals surface area contributed by atoms with Crippen molar-refractivity contribution in [2.45, 2.75) is 173 Å². The number of carbonyl (C=O) groups is 9. The van der Waals surface area contributed by atoms with Gasteiger partial charge in [-0.3, -0.25) is 43.2 Å². The van der Waals surface area contributed by atoms with E-state index in [1.54, 1.807) is 30.3 Å². The van der Waals surface area contributed by atoms with Crippen LogP contribution >= 0.6 is 0 Å². The van der Waals surface area contributed by atoms with Crippen LogP contribution in [-0.4, -0.2) is 133 Å². The number of nitrogens with one attached hydrogen (secondary N) is 7. The van der Waals surface area contributed by atoms with Crippen LogP contribution in [0.4, 0.5) is 0 Å². The predicted molar refractivity (Wildman–Crippen MR) is 269 cm³/mol. The van der Waals surface area contributed by atoms with Crippen LogP contribution in [0.3, 0.4) is 0 Å². The zero-order valence-corrected chi connectivity index (χ0v) is 42.4. The molecule has 1 aliphatic rings. The number of aliphatic hydroxyl groups excluding tert-OH is 1. The Kier molecular flexibility index (Phi) is 29.7. The minimum Gasteiger partial charge on any atom is -0.393 e. The zero-order chi connectivity index (χ0) is 52.9. The molecule has 9 atom stereocenters. The highest BCUT2D eigenvalue weighted by molar-refractivity contribution is 5.98. The van der Waals surface area contributed by atoms with Crippen molar-refractivity contribution in [3.63, 3.8) is 0 Å². The monoisotopic (exact) mass is 1000 g/mol. The molecule has 0 saturated carbocycles. The van der Waals surface area contributed by atoms with E-state index in [-0.39, 0.29) is 109 Å². The van der Waals surface area contributed by atoms with Crippen LogP contribution in [0.5, 0.6) is 0 Å². The number of hydrogen-bond acceptors (Lipinski definition) is 14. The summed E-state index contributed by atoms with van der Waals surface area (Å²) in [6.07, 6.45) is 3.52. The summed E-state index contributed by atoms with van der Waals surface area (Å²) in [7, 11) is 0. The van der Waals surface area contributed by atoms with Crippen molar-refractivity contribution in [3.8, 4) is 0 Å². The Balaban J connectivity index is 2.60. The Hall–Kier alpha value is -5.35. The van der Waals surface area contributed by atoms with Gasteiger partial charge in [0.05, 0.1) is 12.1 Å². The van der Waals surface area contributed by atoms with Gasteiger partial charge in [-0.2, -0.15) is 0 Å². The molecule has 1 aromatic carbocycles. The average Bonchev–Trinajstić information content (AvgIpc) is 3.32. The van der Waals surface area contributed by atoms with E-state index < -0.39 is 101 Å². The van der Waals surface area contributed by atoms with Crippen molar-refractivity contribution in [3.05, 3.63) is 35.9 Å². The summed E-state index contributed by atoms with van der Waals surface area (Å²) >= 11 is 0. The molecule has 7 amide bonds. The van der Waals surface area contributed by atoms with Crippen LogP contribution < -0.4 is 60.2 Å². The van der Waals surface area contributed by atoms with Gasteiger partial charge in [0.25, 0.3) is 0 Å². The van der Waals surface area contributed by atoms with Gasteiger partial charge in [-0.15, -0.1) is 0 Å². The Morgan fingerprint density at radius 1 is 0.662 bits per heavy atom. The summed E-state index contributed by atoms with van der Waals surface area (Å²) in [5.41, 5.74) is 24.2. The first-order valence-corrected chi connectivity index (χ1v) is 25.5. The van der Waals surface area contributed by atoms with Crippen LogP contribution in [0.2, 0.25) is 0 Å². The number of hydrogen-bond donors (Lipinski definition) is 12. The Labute approximate surface area is 419 Å². The molecule has 16 N–H and O–H groups in total. The highest BCUT2D eigenvalue weighted by Crippen LogP contribution is 2.17. The summed E-state index contributed by atoms with van der Waals surface area (Å²) in [5, 5.41) is 29.5. The summed E-state index contributed by atoms with van der Waals surface area (Å²) in [6, 6.07) is 1.14. The topological polar surface area (TPSA) is 362 Å². The van der Waals surface area contributed by atoms with Gasteiger partial charge >= 0.3 is 0 Å². The Morgan fingerprint density at radius 3 is 1.79 bits per heavy atom. The lowest BCUT2D eigenvalue weighted by Crippen LogP contribution is -2.60. The highest BCUT2D eigenvalue weighted by Gasteiger charge is 2.35. The molecule has 2 rings (SSSR count). The Morgan fingerprint density at radius 2 is 1.20 bits per heavy atom. The minimum absolute atomic E-state index is 0.00286. The number of nitrogens with two attached hydrogens (primary N) is 4. The molecule has 21 nitrogen and oxygen atoms in total. The molecular formula is C50H85N11O10. The molecule has 1 aliphatic heterocycles. The maximum atomic E-state index is 14.3. The first kappa shape index (κ1) is 61.8. The van der Waals surface area contributed by atoms with E-state index in [0.717, 1.165) is 32.1 Å². The maximum absolute atomic E-state index is 14.3. The van der Waals surface area contributed by atoms with Gasteiger partial charge in [0, 0.05) is 44.1 Å². The fourth-order valence-electron chi connectivity index (χ4n) is 8.32. The van der Waals surface area contributed by atoms with Gasteiger partial charge in [0.15, 0.2) is 5.78 Å². The van der Waals surface area contributed by atoms with Crippen LogP contribution in [0.1, 0.15) is 130 Å². The molecule has 400 valence electrons. The number of benzene rings is 1. The summed E-state index contributed by atoms with van der Waals surface area (Å²) in [6.45, 7) is 6.97. The third-order valence-corrected chi connectivity index (χ3v) is 12.4. The van der Waals surface area contributed by atoms with Crippen molar-refractivity contribution in [1.29, 1.82) is 0 Å². The normalized spacial score (nSPS) is 23.6. The van der Waals surface area contributed by atoms with E-state index in [1.807, 2.05) is 13.8 Å². The number of carbonyl (C=O) groups excluding carboxylic acids is 9. The molecule has 1 fully saturated rings. The summed E-state index contributed by atoms with van der Waals surface area (Å²) in [5.74, 6) is -8.04. The molecule has 0 radical (unpaired) electrons. The quantitative estimate of drug-likeness (QED) is 0.0575. The van der Waals surface area contributed by atoms with Crippen molar-refractivity contribution < 1.29 is 48.3 Å². The molecule has 21 heteroatoms. The maximum Gasteiger partial charge on any atom is 0.243 e. The molecule has 71 heavy (non-hydrogen) atoms. The van der Waals surface area contributed by atoms with Gasteiger partial charge in [0.2, 0.25) is 41.4 Å². The van der Waals surface area contributed by atoms with E-state index in [4.69, 9.17) is 22.9 Å². The van der Waals surface area contributed by atoms with E-state index in [9.17, 15) is 48.3 Å². The van der Waals surface area contributed by atoms with E-state index in [2.05, 4.69) is 44.1 Å². The fourth-order valence-corrected chi connectivity index (χ4v) is 8.32. The van der Waals surface area contributed by atoms with Crippen LogP contribution in [0.15, 0.2) is 30.3 Å². The van der Waals surface area contributed by atoms with Crippen LogP contribution in [0.25, 0.3) is 0 Å². The standard InChI is InChI=1S/C50H85N11O10/c1-5-6-7-8-12-15-35(62)30-36(63)29-34(16-21-51)45(66)57-40-20-25-55-44(65)32(4)27-43(64)37(17-22-52)56-46(67)38(18-23-53)59-49(70)41(26-31(2)3)60-50(71)42(28-33-13-10-9-11-14-33)61-47(68)39(19-24-54)58-48(40)69/h9-11,13-14,31-32,34-35,37-42,62H,5-8,12,15-30,51-54H2,1-4H3,(H,55,65)(H,56,67)(H,57,66)(H,58,69)(H,59,70)(H,60,71)(H,61,68)/t32-,34+,35-,37+,38+,39+,40+,41+,42-/m1/s1. The molecular weight excluding hydrogens is 915 g/mol. The first-order chi connectivity index (χ1) is 33.9. The number of Topliss-reactive ketones (excluding diaryl/α,β-unsaturated/α-hetero) is 2. The van der Waals surface area contributed by atoms with Crippen molar-refractivity contribution in [2.75, 3.05) is 32.7 Å². The molecule has 0 aliphatic carbocycles. The third kappa shape index (κ3) is 23.6.